The van der Waals surface area contributed by atoms with E-state index < -0.39 is 11.9 Å². The van der Waals surface area contributed by atoms with E-state index in [0.717, 1.165) is 11.1 Å². The number of aryl methyl sites for hydroxylation is 1. The quantitative estimate of drug-likeness (QED) is 0.793. The number of nitrogens with two attached hydrogens (primary N) is 1. The number of carbonyl (C=O) groups is 2. The lowest BCUT2D eigenvalue weighted by molar-refractivity contribution is -0.139. The Morgan fingerprint density at radius 3 is 2.95 bits per heavy atom. The summed E-state index contributed by atoms with van der Waals surface area (Å²) in [5, 5.41) is 3.08. The van der Waals surface area contributed by atoms with Crippen LogP contribution in [0.2, 0.25) is 0 Å². The number of benzene rings is 1. The molecule has 2 rings (SSSR count). The van der Waals surface area contributed by atoms with Crippen LogP contribution in [-0.4, -0.2) is 42.4 Å². The van der Waals surface area contributed by atoms with Gasteiger partial charge in [-0.15, -0.1) is 0 Å². The van der Waals surface area contributed by atoms with Gasteiger partial charge >= 0.3 is 0 Å². The Labute approximate surface area is 112 Å². The summed E-state index contributed by atoms with van der Waals surface area (Å²) >= 11 is 0. The largest absolute Gasteiger partial charge is 0.368 e. The molecule has 1 atom stereocenters. The van der Waals surface area contributed by atoms with Crippen molar-refractivity contribution in [2.75, 3.05) is 19.6 Å². The van der Waals surface area contributed by atoms with Crippen molar-refractivity contribution in [3.8, 4) is 0 Å². The average molecular weight is 261 g/mol. The second-order valence-corrected chi connectivity index (χ2v) is 4.88. The summed E-state index contributed by atoms with van der Waals surface area (Å²) in [6.45, 7) is 3.65. The maximum Gasteiger partial charge on any atom is 0.241 e. The Hall–Kier alpha value is -1.88. The van der Waals surface area contributed by atoms with Gasteiger partial charge in [-0.25, -0.2) is 0 Å². The fourth-order valence-electron chi connectivity index (χ4n) is 2.36. The number of nitrogens with one attached hydrogen (secondary N) is 1. The Morgan fingerprint density at radius 2 is 2.26 bits per heavy atom. The highest BCUT2D eigenvalue weighted by atomic mass is 16.2. The molecule has 1 heterocycles. The molecule has 1 aromatic rings. The molecule has 2 amide bonds. The summed E-state index contributed by atoms with van der Waals surface area (Å²) in [5.74, 6) is -0.499. The monoisotopic (exact) mass is 261 g/mol. The number of hydrogen-bond donors (Lipinski definition) is 2. The molecular weight excluding hydrogens is 242 g/mol. The van der Waals surface area contributed by atoms with Crippen molar-refractivity contribution >= 4 is 11.8 Å². The van der Waals surface area contributed by atoms with Crippen molar-refractivity contribution < 1.29 is 9.59 Å². The fraction of sp³-hybridized carbons (Fsp3) is 0.429. The SMILES string of the molecule is Cc1cccc(CC(=O)N2CCNCC2C(N)=O)c1. The lowest BCUT2D eigenvalue weighted by atomic mass is 10.1. The summed E-state index contributed by atoms with van der Waals surface area (Å²) in [7, 11) is 0. The average Bonchev–Trinajstić information content (AvgIpc) is 2.38. The van der Waals surface area contributed by atoms with Gasteiger partial charge in [-0.1, -0.05) is 29.8 Å². The lowest BCUT2D eigenvalue weighted by Crippen LogP contribution is -2.59. The lowest BCUT2D eigenvalue weighted by Gasteiger charge is -2.34. The summed E-state index contributed by atoms with van der Waals surface area (Å²) in [6.07, 6.45) is 0.311. The van der Waals surface area contributed by atoms with Crippen molar-refractivity contribution in [2.45, 2.75) is 19.4 Å². The highest BCUT2D eigenvalue weighted by molar-refractivity contribution is 5.88. The molecule has 1 unspecified atom stereocenters. The number of hydrogen-bond acceptors (Lipinski definition) is 3. The summed E-state index contributed by atoms with van der Waals surface area (Å²) in [6, 6.07) is 7.30. The predicted molar refractivity (Wildman–Crippen MR) is 72.4 cm³/mol. The van der Waals surface area contributed by atoms with Crippen LogP contribution < -0.4 is 11.1 Å². The smallest absolute Gasteiger partial charge is 0.241 e. The van der Waals surface area contributed by atoms with Crippen LogP contribution in [0.5, 0.6) is 0 Å². The third-order valence-corrected chi connectivity index (χ3v) is 3.33. The molecular formula is C14H19N3O2. The zero-order chi connectivity index (χ0) is 13.8. The molecule has 19 heavy (non-hydrogen) atoms. The number of amides is 2. The third-order valence-electron chi connectivity index (χ3n) is 3.33. The van der Waals surface area contributed by atoms with E-state index in [-0.39, 0.29) is 5.91 Å². The molecule has 1 saturated heterocycles. The first-order valence-electron chi connectivity index (χ1n) is 6.43. The third kappa shape index (κ3) is 3.32. The van der Waals surface area contributed by atoms with E-state index in [9.17, 15) is 9.59 Å². The van der Waals surface area contributed by atoms with Gasteiger partial charge in [0, 0.05) is 19.6 Å². The molecule has 0 aliphatic carbocycles. The first-order valence-corrected chi connectivity index (χ1v) is 6.43. The van der Waals surface area contributed by atoms with Gasteiger partial charge in [0.2, 0.25) is 11.8 Å². The Kier molecular flexibility index (Phi) is 4.16. The topological polar surface area (TPSA) is 75.4 Å². The molecule has 102 valence electrons. The van der Waals surface area contributed by atoms with E-state index in [1.807, 2.05) is 31.2 Å². The molecule has 1 aromatic carbocycles. The molecule has 5 heteroatoms. The van der Waals surface area contributed by atoms with Crippen LogP contribution in [0.1, 0.15) is 11.1 Å². The van der Waals surface area contributed by atoms with Gasteiger partial charge in [0.25, 0.3) is 0 Å². The molecule has 5 nitrogen and oxygen atoms in total. The fourth-order valence-corrected chi connectivity index (χ4v) is 2.36. The van der Waals surface area contributed by atoms with Gasteiger partial charge in [0.1, 0.15) is 6.04 Å². The minimum atomic E-state index is -0.536. The van der Waals surface area contributed by atoms with Gasteiger partial charge in [0.15, 0.2) is 0 Å². The van der Waals surface area contributed by atoms with Gasteiger partial charge in [0.05, 0.1) is 6.42 Å². The van der Waals surface area contributed by atoms with Crippen LogP contribution >= 0.6 is 0 Å². The number of carbonyl (C=O) groups excluding carboxylic acids is 2. The van der Waals surface area contributed by atoms with Crippen molar-refractivity contribution in [2.24, 2.45) is 5.73 Å². The minimum absolute atomic E-state index is 0.0455. The van der Waals surface area contributed by atoms with E-state index in [0.29, 0.717) is 26.1 Å². The van der Waals surface area contributed by atoms with Crippen LogP contribution in [0.4, 0.5) is 0 Å². The van der Waals surface area contributed by atoms with E-state index >= 15 is 0 Å². The van der Waals surface area contributed by atoms with Crippen LogP contribution in [0.15, 0.2) is 24.3 Å². The van der Waals surface area contributed by atoms with Crippen molar-refractivity contribution in [1.82, 2.24) is 10.2 Å². The maximum absolute atomic E-state index is 12.3. The number of nitrogens with zero attached hydrogens (tertiary/aromatic N) is 1. The van der Waals surface area contributed by atoms with Gasteiger partial charge in [-0.3, -0.25) is 9.59 Å². The predicted octanol–water partition coefficient (Wildman–Crippen LogP) is -0.177. The maximum atomic E-state index is 12.3. The standard InChI is InChI=1S/C14H19N3O2/c1-10-3-2-4-11(7-10)8-13(18)17-6-5-16-9-12(17)14(15)19/h2-4,7,12,16H,5-6,8-9H2,1H3,(H2,15,19). The molecule has 0 bridgehead atoms. The van der Waals surface area contributed by atoms with Gasteiger partial charge in [-0.2, -0.15) is 0 Å². The number of rotatable bonds is 3. The van der Waals surface area contributed by atoms with Crippen molar-refractivity contribution in [3.05, 3.63) is 35.4 Å². The molecule has 0 radical (unpaired) electrons. The minimum Gasteiger partial charge on any atom is -0.368 e. The van der Waals surface area contributed by atoms with E-state index in [2.05, 4.69) is 5.32 Å². The molecule has 0 spiro atoms. The van der Waals surface area contributed by atoms with E-state index in [4.69, 9.17) is 5.73 Å². The summed E-state index contributed by atoms with van der Waals surface area (Å²) < 4.78 is 0. The highest BCUT2D eigenvalue weighted by Gasteiger charge is 2.30. The Morgan fingerprint density at radius 1 is 1.47 bits per heavy atom. The second kappa shape index (κ2) is 5.84. The Bertz CT molecular complexity index is 487. The summed E-state index contributed by atoms with van der Waals surface area (Å²) in [5.41, 5.74) is 7.43. The molecule has 1 fully saturated rings. The van der Waals surface area contributed by atoms with Gasteiger partial charge in [-0.05, 0) is 12.5 Å². The number of primary amides is 1. The zero-order valence-electron chi connectivity index (χ0n) is 11.1. The van der Waals surface area contributed by atoms with E-state index in [1.165, 1.54) is 0 Å². The molecule has 0 saturated carbocycles. The van der Waals surface area contributed by atoms with Crippen LogP contribution in [-0.2, 0) is 16.0 Å². The van der Waals surface area contributed by atoms with Crippen LogP contribution in [0.3, 0.4) is 0 Å². The normalized spacial score (nSPS) is 19.2. The zero-order valence-corrected chi connectivity index (χ0v) is 11.1. The van der Waals surface area contributed by atoms with E-state index in [1.54, 1.807) is 4.90 Å². The first kappa shape index (κ1) is 13.5. The first-order chi connectivity index (χ1) is 9.08. The van der Waals surface area contributed by atoms with Gasteiger partial charge < -0.3 is 16.0 Å². The second-order valence-electron chi connectivity index (χ2n) is 4.88. The molecule has 1 aliphatic rings. The summed E-state index contributed by atoms with van der Waals surface area (Å²) in [4.78, 5) is 25.2. The Balaban J connectivity index is 2.07. The molecule has 1 aliphatic heterocycles. The highest BCUT2D eigenvalue weighted by Crippen LogP contribution is 2.10. The van der Waals surface area contributed by atoms with Crippen LogP contribution in [0, 0.1) is 6.92 Å². The van der Waals surface area contributed by atoms with Crippen molar-refractivity contribution in [1.29, 1.82) is 0 Å². The molecule has 0 aromatic heterocycles. The molecule has 3 N–H and O–H groups in total. The van der Waals surface area contributed by atoms with Crippen LogP contribution in [0.25, 0.3) is 0 Å². The van der Waals surface area contributed by atoms with Crippen molar-refractivity contribution in [3.63, 3.8) is 0 Å². The number of piperazine rings is 1.